The lowest BCUT2D eigenvalue weighted by Crippen LogP contribution is -2.42. The number of aromatic nitrogens is 2. The number of carbonyl (C=O) groups excluding carboxylic acids is 1. The van der Waals surface area contributed by atoms with Crippen LogP contribution in [0.2, 0.25) is 0 Å². The molecule has 1 atom stereocenters. The average molecular weight is 446 g/mol. The van der Waals surface area contributed by atoms with Crippen LogP contribution in [-0.2, 0) is 4.79 Å². The van der Waals surface area contributed by atoms with Gasteiger partial charge in [-0.2, -0.15) is 9.97 Å². The first-order chi connectivity index (χ1) is 15.0. The number of ether oxygens (including phenoxy) is 1. The fourth-order valence-electron chi connectivity index (χ4n) is 4.48. The summed E-state index contributed by atoms with van der Waals surface area (Å²) in [5, 5.41) is 3.82. The molecule has 1 aromatic heterocycles. The van der Waals surface area contributed by atoms with Crippen molar-refractivity contribution in [3.63, 3.8) is 0 Å². The number of amides is 1. The van der Waals surface area contributed by atoms with Crippen LogP contribution in [0.1, 0.15) is 44.7 Å². The monoisotopic (exact) mass is 445 g/mol. The van der Waals surface area contributed by atoms with Crippen LogP contribution in [0.3, 0.4) is 0 Å². The molecule has 1 amide bonds. The highest BCUT2D eigenvalue weighted by atomic mass is 35.5. The van der Waals surface area contributed by atoms with Gasteiger partial charge in [-0.05, 0) is 63.3 Å². The molecule has 0 radical (unpaired) electrons. The lowest BCUT2D eigenvalue weighted by atomic mass is 9.94. The molecule has 3 heterocycles. The number of hydrogen-bond acceptors (Lipinski definition) is 6. The van der Waals surface area contributed by atoms with Crippen LogP contribution in [0.25, 0.3) is 0 Å². The van der Waals surface area contributed by atoms with Gasteiger partial charge in [0.25, 0.3) is 0 Å². The number of fused-ring (bicyclic) bond motifs is 1. The Hall–Kier alpha value is -2.12. The van der Waals surface area contributed by atoms with Crippen LogP contribution >= 0.6 is 11.6 Å². The molecule has 168 valence electrons. The van der Waals surface area contributed by atoms with E-state index in [1.165, 1.54) is 18.4 Å². The van der Waals surface area contributed by atoms with Gasteiger partial charge in [0.2, 0.25) is 5.91 Å². The van der Waals surface area contributed by atoms with Gasteiger partial charge in [0, 0.05) is 18.1 Å². The first kappa shape index (κ1) is 22.1. The highest BCUT2D eigenvalue weighted by Gasteiger charge is 2.29. The molecule has 0 bridgehead atoms. The van der Waals surface area contributed by atoms with Gasteiger partial charge in [0.1, 0.15) is 5.69 Å². The number of hydrogen-bond donors (Lipinski definition) is 1. The summed E-state index contributed by atoms with van der Waals surface area (Å²) in [6.07, 6.45) is 9.77. The Balaban J connectivity index is 1.52. The SMILES string of the molecule is CCCCOc1nc(C)c2c(n1)N(CC1C=C(CN3CCCC3)C=C(Cl)C1)CC(=O)N2. The Kier molecular flexibility index (Phi) is 7.13. The van der Waals surface area contributed by atoms with E-state index in [0.29, 0.717) is 24.8 Å². The Labute approximate surface area is 189 Å². The van der Waals surface area contributed by atoms with Crippen molar-refractivity contribution in [2.75, 3.05) is 49.5 Å². The smallest absolute Gasteiger partial charge is 0.318 e. The normalized spacial score (nSPS) is 21.5. The Morgan fingerprint density at radius 1 is 1.29 bits per heavy atom. The fraction of sp³-hybridized carbons (Fsp3) is 0.609. The van der Waals surface area contributed by atoms with Crippen LogP contribution in [0.4, 0.5) is 11.5 Å². The summed E-state index contributed by atoms with van der Waals surface area (Å²) >= 11 is 6.52. The number of allylic oxidation sites excluding steroid dienone is 1. The summed E-state index contributed by atoms with van der Waals surface area (Å²) in [6.45, 7) is 8.80. The molecule has 1 fully saturated rings. The molecule has 1 aliphatic carbocycles. The first-order valence-electron chi connectivity index (χ1n) is 11.4. The lowest BCUT2D eigenvalue weighted by molar-refractivity contribution is -0.115. The van der Waals surface area contributed by atoms with E-state index in [2.05, 4.69) is 39.3 Å². The molecular weight excluding hydrogens is 414 g/mol. The number of rotatable bonds is 8. The Morgan fingerprint density at radius 3 is 2.87 bits per heavy atom. The van der Waals surface area contributed by atoms with Crippen LogP contribution in [0, 0.1) is 12.8 Å². The number of aryl methyl sites for hydroxylation is 1. The van der Waals surface area contributed by atoms with Crippen molar-refractivity contribution < 1.29 is 9.53 Å². The van der Waals surface area contributed by atoms with E-state index < -0.39 is 0 Å². The van der Waals surface area contributed by atoms with Gasteiger partial charge in [-0.3, -0.25) is 9.69 Å². The second kappa shape index (κ2) is 10.0. The number of halogens is 1. The van der Waals surface area contributed by atoms with Gasteiger partial charge < -0.3 is 15.0 Å². The predicted molar refractivity (Wildman–Crippen MR) is 124 cm³/mol. The van der Waals surface area contributed by atoms with Gasteiger partial charge in [0.15, 0.2) is 5.82 Å². The summed E-state index contributed by atoms with van der Waals surface area (Å²) in [5.41, 5.74) is 2.67. The number of anilines is 2. The molecule has 1 unspecified atom stereocenters. The van der Waals surface area contributed by atoms with Gasteiger partial charge in [-0.1, -0.05) is 31.0 Å². The predicted octanol–water partition coefficient (Wildman–Crippen LogP) is 3.89. The minimum Gasteiger partial charge on any atom is -0.463 e. The van der Waals surface area contributed by atoms with E-state index in [9.17, 15) is 4.79 Å². The number of likely N-dealkylation sites (tertiary alicyclic amines) is 1. The third-order valence-electron chi connectivity index (χ3n) is 5.99. The van der Waals surface area contributed by atoms with Crippen molar-refractivity contribution in [2.45, 2.75) is 46.0 Å². The molecule has 0 aromatic carbocycles. The van der Waals surface area contributed by atoms with Crippen LogP contribution in [-0.4, -0.2) is 60.1 Å². The maximum atomic E-state index is 12.4. The largest absolute Gasteiger partial charge is 0.463 e. The molecule has 4 rings (SSSR count). The molecule has 31 heavy (non-hydrogen) atoms. The zero-order chi connectivity index (χ0) is 21.8. The second-order valence-electron chi connectivity index (χ2n) is 8.70. The van der Waals surface area contributed by atoms with Crippen LogP contribution in [0.5, 0.6) is 6.01 Å². The minimum atomic E-state index is -0.0439. The number of carbonyl (C=O) groups is 1. The van der Waals surface area contributed by atoms with Crippen LogP contribution < -0.4 is 15.0 Å². The maximum absolute atomic E-state index is 12.4. The highest BCUT2D eigenvalue weighted by molar-refractivity contribution is 6.29. The van der Waals surface area contributed by atoms with Gasteiger partial charge in [-0.15, -0.1) is 0 Å². The summed E-state index contributed by atoms with van der Waals surface area (Å²) < 4.78 is 5.76. The van der Waals surface area contributed by atoms with E-state index >= 15 is 0 Å². The zero-order valence-corrected chi connectivity index (χ0v) is 19.2. The summed E-state index contributed by atoms with van der Waals surface area (Å²) in [7, 11) is 0. The Morgan fingerprint density at radius 2 is 2.10 bits per heavy atom. The van der Waals surface area contributed by atoms with Crippen molar-refractivity contribution in [2.24, 2.45) is 5.92 Å². The number of nitrogens with one attached hydrogen (secondary N) is 1. The number of unbranched alkanes of at least 4 members (excludes halogenated alkanes) is 1. The van der Waals surface area contributed by atoms with E-state index in [1.807, 2.05) is 11.8 Å². The van der Waals surface area contributed by atoms with E-state index in [-0.39, 0.29) is 18.4 Å². The quantitative estimate of drug-likeness (QED) is 0.612. The van der Waals surface area contributed by atoms with Crippen molar-refractivity contribution >= 4 is 29.0 Å². The van der Waals surface area contributed by atoms with Gasteiger partial charge in [-0.25, -0.2) is 0 Å². The molecule has 0 spiro atoms. The molecule has 7 nitrogen and oxygen atoms in total. The van der Waals surface area contributed by atoms with Gasteiger partial charge >= 0.3 is 6.01 Å². The van der Waals surface area contributed by atoms with E-state index in [0.717, 1.165) is 55.4 Å². The topological polar surface area (TPSA) is 70.6 Å². The molecule has 1 aromatic rings. The summed E-state index contributed by atoms with van der Waals surface area (Å²) in [6, 6.07) is 0.373. The minimum absolute atomic E-state index is 0.0439. The molecule has 3 aliphatic rings. The maximum Gasteiger partial charge on any atom is 0.318 e. The highest BCUT2D eigenvalue weighted by Crippen LogP contribution is 2.34. The standard InChI is InChI=1S/C23H32ClN5O2/c1-3-4-9-31-23-25-16(2)21-22(27-23)29(15-20(30)26-21)14-18-10-17(11-19(24)12-18)13-28-7-5-6-8-28/h10-11,18H,3-9,12-15H2,1-2H3,(H,26,30). The van der Waals surface area contributed by atoms with Crippen molar-refractivity contribution in [3.05, 3.63) is 28.5 Å². The third-order valence-corrected chi connectivity index (χ3v) is 6.25. The third kappa shape index (κ3) is 5.57. The van der Waals surface area contributed by atoms with Gasteiger partial charge in [0.05, 0.1) is 18.8 Å². The van der Waals surface area contributed by atoms with Crippen LogP contribution in [0.15, 0.2) is 22.8 Å². The fourth-order valence-corrected chi connectivity index (χ4v) is 4.81. The molecule has 8 heteroatoms. The molecule has 2 aliphatic heterocycles. The first-order valence-corrected chi connectivity index (χ1v) is 11.7. The van der Waals surface area contributed by atoms with Crippen molar-refractivity contribution in [1.82, 2.24) is 14.9 Å². The summed E-state index contributed by atoms with van der Waals surface area (Å²) in [5.74, 6) is 0.921. The number of nitrogens with zero attached hydrogens (tertiary/aromatic N) is 4. The summed E-state index contributed by atoms with van der Waals surface area (Å²) in [4.78, 5) is 26.0. The van der Waals surface area contributed by atoms with E-state index in [4.69, 9.17) is 16.3 Å². The molecule has 1 N–H and O–H groups in total. The Bertz CT molecular complexity index is 879. The molecule has 1 saturated heterocycles. The molecule has 0 saturated carbocycles. The second-order valence-corrected chi connectivity index (χ2v) is 9.19. The zero-order valence-electron chi connectivity index (χ0n) is 18.5. The lowest BCUT2D eigenvalue weighted by Gasteiger charge is -2.33. The van der Waals surface area contributed by atoms with Crippen molar-refractivity contribution in [1.29, 1.82) is 0 Å². The van der Waals surface area contributed by atoms with Crippen molar-refractivity contribution in [3.8, 4) is 6.01 Å². The van der Waals surface area contributed by atoms with E-state index in [1.54, 1.807) is 0 Å². The average Bonchev–Trinajstić information content (AvgIpc) is 3.21. The molecular formula is C23H32ClN5O2.